The fraction of sp³-hybridized carbons (Fsp3) is 0.571. The van der Waals surface area contributed by atoms with Crippen LogP contribution in [0.3, 0.4) is 0 Å². The normalized spacial score (nSPS) is 16.9. The van der Waals surface area contributed by atoms with Crippen LogP contribution in [-0.2, 0) is 15.5 Å². The summed E-state index contributed by atoms with van der Waals surface area (Å²) in [6.07, 6.45) is 1.14. The van der Waals surface area contributed by atoms with Crippen LogP contribution >= 0.6 is 7.60 Å². The molecule has 5 heteroatoms. The van der Waals surface area contributed by atoms with E-state index in [9.17, 15) is 14.6 Å². The maximum Gasteiger partial charge on any atom is 0.334 e. The Labute approximate surface area is 115 Å². The van der Waals surface area contributed by atoms with Gasteiger partial charge in [0.15, 0.2) is 0 Å². The largest absolute Gasteiger partial charge is 0.389 e. The molecule has 0 bridgehead atoms. The molecule has 2 unspecified atom stereocenters. The minimum atomic E-state index is -3.85. The second kappa shape index (κ2) is 6.67. The summed E-state index contributed by atoms with van der Waals surface area (Å²) in [6, 6.07) is 9.40. The van der Waals surface area contributed by atoms with Gasteiger partial charge >= 0.3 is 7.60 Å². The standard InChI is InChI=1S/C14H23O4P/c1-4-14(15,5-2)13(19(16,17)18-3)11-12-9-7-6-8-10-12/h6-10,13,15H,4-5,11H2,1-3H3,(H,16,17). The molecule has 0 radical (unpaired) electrons. The molecule has 2 atom stereocenters. The quantitative estimate of drug-likeness (QED) is 0.756. The fourth-order valence-electron chi connectivity index (χ4n) is 2.29. The molecule has 0 aliphatic heterocycles. The zero-order valence-corrected chi connectivity index (χ0v) is 12.6. The molecule has 1 aromatic carbocycles. The van der Waals surface area contributed by atoms with Crippen molar-refractivity contribution in [2.24, 2.45) is 0 Å². The second-order valence-electron chi connectivity index (χ2n) is 4.76. The lowest BCUT2D eigenvalue weighted by Crippen LogP contribution is -2.42. The van der Waals surface area contributed by atoms with Crippen molar-refractivity contribution in [3.8, 4) is 0 Å². The monoisotopic (exact) mass is 286 g/mol. The Morgan fingerprint density at radius 3 is 2.21 bits per heavy atom. The van der Waals surface area contributed by atoms with E-state index < -0.39 is 18.9 Å². The molecule has 0 fully saturated rings. The summed E-state index contributed by atoms with van der Waals surface area (Å²) in [6.45, 7) is 3.63. The van der Waals surface area contributed by atoms with Gasteiger partial charge in [-0.15, -0.1) is 0 Å². The summed E-state index contributed by atoms with van der Waals surface area (Å²) >= 11 is 0. The van der Waals surface area contributed by atoms with Crippen LogP contribution in [-0.4, -0.2) is 28.4 Å². The van der Waals surface area contributed by atoms with E-state index >= 15 is 0 Å². The minimum Gasteiger partial charge on any atom is -0.389 e. The molecule has 108 valence electrons. The van der Waals surface area contributed by atoms with E-state index in [-0.39, 0.29) is 0 Å². The highest BCUT2D eigenvalue weighted by molar-refractivity contribution is 7.53. The molecule has 0 spiro atoms. The zero-order valence-electron chi connectivity index (χ0n) is 11.7. The topological polar surface area (TPSA) is 66.8 Å². The van der Waals surface area contributed by atoms with Crippen LogP contribution in [0.4, 0.5) is 0 Å². The van der Waals surface area contributed by atoms with E-state index in [1.165, 1.54) is 7.11 Å². The molecule has 2 N–H and O–H groups in total. The van der Waals surface area contributed by atoms with Crippen LogP contribution in [0.15, 0.2) is 30.3 Å². The van der Waals surface area contributed by atoms with E-state index in [2.05, 4.69) is 0 Å². The summed E-state index contributed by atoms with van der Waals surface area (Å²) in [4.78, 5) is 10.0. The Morgan fingerprint density at radius 2 is 1.79 bits per heavy atom. The molecule has 0 heterocycles. The maximum atomic E-state index is 12.2. The molecule has 0 aliphatic rings. The van der Waals surface area contributed by atoms with Gasteiger partial charge in [-0.05, 0) is 24.8 Å². The van der Waals surface area contributed by atoms with Gasteiger partial charge in [0, 0.05) is 7.11 Å². The first-order valence-electron chi connectivity index (χ1n) is 6.54. The lowest BCUT2D eigenvalue weighted by Gasteiger charge is -2.36. The minimum absolute atomic E-state index is 0.320. The summed E-state index contributed by atoms with van der Waals surface area (Å²) in [7, 11) is -2.64. The molecule has 1 aromatic rings. The second-order valence-corrected chi connectivity index (χ2v) is 6.88. The number of aliphatic hydroxyl groups is 1. The van der Waals surface area contributed by atoms with E-state index in [0.717, 1.165) is 5.56 Å². The molecular formula is C14H23O4P. The van der Waals surface area contributed by atoms with Crippen molar-refractivity contribution in [1.82, 2.24) is 0 Å². The van der Waals surface area contributed by atoms with Crippen molar-refractivity contribution >= 4 is 7.60 Å². The molecule has 0 amide bonds. The average molecular weight is 286 g/mol. The third kappa shape index (κ3) is 3.90. The molecule has 0 saturated heterocycles. The Kier molecular flexibility index (Phi) is 5.75. The SMILES string of the molecule is CCC(O)(CC)C(Cc1ccccc1)P(=O)(O)OC. The van der Waals surface area contributed by atoms with Crippen molar-refractivity contribution in [3.63, 3.8) is 0 Å². The molecular weight excluding hydrogens is 263 g/mol. The van der Waals surface area contributed by atoms with Gasteiger partial charge < -0.3 is 14.5 Å². The number of rotatable bonds is 7. The van der Waals surface area contributed by atoms with Gasteiger partial charge in [-0.1, -0.05) is 44.2 Å². The van der Waals surface area contributed by atoms with Crippen LogP contribution in [0.1, 0.15) is 32.3 Å². The molecule has 0 aliphatic carbocycles. The van der Waals surface area contributed by atoms with Gasteiger partial charge in [0.25, 0.3) is 0 Å². The number of hydrogen-bond acceptors (Lipinski definition) is 3. The number of hydrogen-bond donors (Lipinski definition) is 2. The molecule has 4 nitrogen and oxygen atoms in total. The van der Waals surface area contributed by atoms with Gasteiger partial charge in [-0.2, -0.15) is 0 Å². The fourth-order valence-corrected chi connectivity index (χ4v) is 3.96. The van der Waals surface area contributed by atoms with Gasteiger partial charge in [-0.3, -0.25) is 4.57 Å². The van der Waals surface area contributed by atoms with Gasteiger partial charge in [0.05, 0.1) is 11.3 Å². The predicted molar refractivity (Wildman–Crippen MR) is 76.3 cm³/mol. The highest BCUT2D eigenvalue weighted by Crippen LogP contribution is 2.53. The van der Waals surface area contributed by atoms with E-state index in [0.29, 0.717) is 19.3 Å². The Bertz CT molecular complexity index is 428. The Balaban J connectivity index is 3.10. The molecule has 1 rings (SSSR count). The third-order valence-electron chi connectivity index (χ3n) is 3.77. The molecule has 0 aromatic heterocycles. The van der Waals surface area contributed by atoms with Crippen LogP contribution in [0.5, 0.6) is 0 Å². The Morgan fingerprint density at radius 1 is 1.26 bits per heavy atom. The van der Waals surface area contributed by atoms with Crippen LogP contribution < -0.4 is 0 Å². The summed E-state index contributed by atoms with van der Waals surface area (Å²) in [5, 5.41) is 10.6. The first kappa shape index (κ1) is 16.4. The van der Waals surface area contributed by atoms with Crippen molar-refractivity contribution in [1.29, 1.82) is 0 Å². The van der Waals surface area contributed by atoms with Crippen LogP contribution in [0.2, 0.25) is 0 Å². The van der Waals surface area contributed by atoms with Crippen LogP contribution in [0.25, 0.3) is 0 Å². The number of benzene rings is 1. The lowest BCUT2D eigenvalue weighted by molar-refractivity contribution is 0.0198. The summed E-state index contributed by atoms with van der Waals surface area (Å²) < 4.78 is 17.0. The lowest BCUT2D eigenvalue weighted by atomic mass is 9.89. The summed E-state index contributed by atoms with van der Waals surface area (Å²) in [5.74, 6) is 0. The van der Waals surface area contributed by atoms with Crippen molar-refractivity contribution in [2.75, 3.05) is 7.11 Å². The Hall–Kier alpha value is -0.670. The van der Waals surface area contributed by atoms with E-state index in [1.54, 1.807) is 0 Å². The van der Waals surface area contributed by atoms with Gasteiger partial charge in [-0.25, -0.2) is 0 Å². The van der Waals surface area contributed by atoms with Crippen molar-refractivity contribution in [3.05, 3.63) is 35.9 Å². The summed E-state index contributed by atoms with van der Waals surface area (Å²) in [5.41, 5.74) is -1.10. The van der Waals surface area contributed by atoms with Crippen LogP contribution in [0, 0.1) is 0 Å². The highest BCUT2D eigenvalue weighted by Gasteiger charge is 2.45. The highest BCUT2D eigenvalue weighted by atomic mass is 31.2. The van der Waals surface area contributed by atoms with Gasteiger partial charge in [0.1, 0.15) is 0 Å². The first-order chi connectivity index (χ1) is 8.89. The van der Waals surface area contributed by atoms with Crippen molar-refractivity contribution < 1.29 is 19.1 Å². The third-order valence-corrected chi connectivity index (χ3v) is 5.75. The van der Waals surface area contributed by atoms with E-state index in [4.69, 9.17) is 4.52 Å². The maximum absolute atomic E-state index is 12.2. The van der Waals surface area contributed by atoms with E-state index in [1.807, 2.05) is 44.2 Å². The van der Waals surface area contributed by atoms with Crippen molar-refractivity contribution in [2.45, 2.75) is 44.4 Å². The zero-order chi connectivity index (χ0) is 14.5. The predicted octanol–water partition coefficient (Wildman–Crippen LogP) is 2.98. The van der Waals surface area contributed by atoms with Gasteiger partial charge in [0.2, 0.25) is 0 Å². The average Bonchev–Trinajstić information content (AvgIpc) is 2.45. The smallest absolute Gasteiger partial charge is 0.334 e. The molecule has 0 saturated carbocycles. The first-order valence-corrected chi connectivity index (χ1v) is 8.18. The molecule has 19 heavy (non-hydrogen) atoms.